The molecule has 9 aromatic rings. The van der Waals surface area contributed by atoms with E-state index in [9.17, 15) is 10.5 Å². The Balaban J connectivity index is 1.35. The van der Waals surface area contributed by atoms with Gasteiger partial charge in [0.1, 0.15) is 17.7 Å². The summed E-state index contributed by atoms with van der Waals surface area (Å²) in [5.41, 5.74) is 5.55. The van der Waals surface area contributed by atoms with Crippen LogP contribution in [-0.4, -0.2) is 14.1 Å². The second-order valence-electron chi connectivity index (χ2n) is 10.7. The predicted octanol–water partition coefficient (Wildman–Crippen LogP) is 9.39. The predicted molar refractivity (Wildman–Crippen MR) is 175 cm³/mol. The number of thiophene rings is 1. The normalized spacial score (nSPS) is 11.7. The highest BCUT2D eigenvalue weighted by Gasteiger charge is 2.19. The number of fused-ring (bicyclic) bond motifs is 9. The molecule has 0 N–H and O–H groups in total. The van der Waals surface area contributed by atoms with Crippen molar-refractivity contribution < 1.29 is 0 Å². The highest BCUT2D eigenvalue weighted by Crippen LogP contribution is 2.41. The van der Waals surface area contributed by atoms with E-state index in [1.807, 2.05) is 48.5 Å². The molecule has 43 heavy (non-hydrogen) atoms. The van der Waals surface area contributed by atoms with E-state index in [0.717, 1.165) is 75.4 Å². The van der Waals surface area contributed by atoms with Gasteiger partial charge in [-0.15, -0.1) is 11.3 Å². The van der Waals surface area contributed by atoms with Gasteiger partial charge in [-0.25, -0.2) is 4.98 Å². The Hall–Kier alpha value is -5.95. The van der Waals surface area contributed by atoms with Gasteiger partial charge < -0.3 is 0 Å². The van der Waals surface area contributed by atoms with E-state index in [2.05, 4.69) is 88.0 Å². The van der Waals surface area contributed by atoms with E-state index in [1.165, 1.54) is 0 Å². The summed E-state index contributed by atoms with van der Waals surface area (Å²) in [7, 11) is 0. The molecule has 0 aliphatic heterocycles. The highest BCUT2D eigenvalue weighted by atomic mass is 32.1. The Morgan fingerprint density at radius 3 is 1.86 bits per heavy atom. The fourth-order valence-corrected chi connectivity index (χ4v) is 7.73. The first-order valence-corrected chi connectivity index (χ1v) is 14.7. The smallest absolute Gasteiger partial charge is 0.140 e. The van der Waals surface area contributed by atoms with Crippen molar-refractivity contribution in [1.29, 1.82) is 10.5 Å². The zero-order valence-electron chi connectivity index (χ0n) is 22.6. The minimum atomic E-state index is 0.636. The number of hydrogen-bond donors (Lipinski definition) is 0. The van der Waals surface area contributed by atoms with Crippen molar-refractivity contribution >= 4 is 75.1 Å². The molecule has 0 amide bonds. The van der Waals surface area contributed by atoms with Crippen LogP contribution in [0.5, 0.6) is 0 Å². The molecule has 198 valence electrons. The Labute approximate surface area is 249 Å². The van der Waals surface area contributed by atoms with E-state index in [0.29, 0.717) is 11.1 Å². The molecule has 0 saturated heterocycles. The van der Waals surface area contributed by atoms with Gasteiger partial charge in [0.15, 0.2) is 0 Å². The highest BCUT2D eigenvalue weighted by molar-refractivity contribution is 7.26. The lowest BCUT2D eigenvalue weighted by molar-refractivity contribution is 1.01. The van der Waals surface area contributed by atoms with Crippen LogP contribution in [0.15, 0.2) is 115 Å². The zero-order chi connectivity index (χ0) is 28.7. The molecule has 0 fully saturated rings. The molecule has 4 heterocycles. The molecular weight excluding hydrogens is 547 g/mol. The van der Waals surface area contributed by atoms with Gasteiger partial charge in [0, 0.05) is 37.0 Å². The van der Waals surface area contributed by atoms with Crippen LogP contribution < -0.4 is 0 Å². The quantitative estimate of drug-likeness (QED) is 0.210. The van der Waals surface area contributed by atoms with Crippen molar-refractivity contribution in [1.82, 2.24) is 14.1 Å². The summed E-state index contributed by atoms with van der Waals surface area (Å²) >= 11 is 1.68. The Kier molecular flexibility index (Phi) is 4.84. The first-order valence-electron chi connectivity index (χ1n) is 13.9. The molecule has 0 aliphatic carbocycles. The molecule has 0 bridgehead atoms. The second-order valence-corrected chi connectivity index (χ2v) is 11.7. The standard InChI is InChI=1S/C37H19N5S/c38-20-22-15-16-32-27(17-22)24-8-1-3-11-30(24)41(32)35-13-6-14-36(40-35)42-31-12-4-2-9-25(31)28-19-34-29(18-33(28)42)26-10-5-7-23(21-39)37(26)43-34/h1-19H. The third-order valence-corrected chi connectivity index (χ3v) is 9.59. The summed E-state index contributed by atoms with van der Waals surface area (Å²) in [5.74, 6) is 1.62. The molecule has 5 nitrogen and oxygen atoms in total. The average molecular weight is 566 g/mol. The number of nitriles is 2. The Bertz CT molecular complexity index is 2710. The molecule has 0 atom stereocenters. The van der Waals surface area contributed by atoms with Crippen LogP contribution in [0.2, 0.25) is 0 Å². The van der Waals surface area contributed by atoms with Crippen molar-refractivity contribution in [3.63, 3.8) is 0 Å². The molecule has 5 aromatic carbocycles. The van der Waals surface area contributed by atoms with Gasteiger partial charge >= 0.3 is 0 Å². The van der Waals surface area contributed by atoms with E-state index in [4.69, 9.17) is 4.98 Å². The third-order valence-electron chi connectivity index (χ3n) is 8.39. The monoisotopic (exact) mass is 565 g/mol. The van der Waals surface area contributed by atoms with Crippen molar-refractivity contribution in [2.24, 2.45) is 0 Å². The van der Waals surface area contributed by atoms with E-state index in [1.54, 1.807) is 11.3 Å². The summed E-state index contributed by atoms with van der Waals surface area (Å²) in [6.07, 6.45) is 0. The van der Waals surface area contributed by atoms with Crippen LogP contribution in [0.3, 0.4) is 0 Å². The number of rotatable bonds is 2. The maximum absolute atomic E-state index is 9.73. The molecule has 9 rings (SSSR count). The largest absolute Gasteiger partial charge is 0.294 e. The number of benzene rings is 5. The van der Waals surface area contributed by atoms with E-state index >= 15 is 0 Å². The van der Waals surface area contributed by atoms with Crippen molar-refractivity contribution in [3.8, 4) is 23.8 Å². The van der Waals surface area contributed by atoms with Crippen molar-refractivity contribution in [2.45, 2.75) is 0 Å². The van der Waals surface area contributed by atoms with Gasteiger partial charge in [-0.3, -0.25) is 9.13 Å². The fraction of sp³-hybridized carbons (Fsp3) is 0. The van der Waals surface area contributed by atoms with Gasteiger partial charge in [0.25, 0.3) is 0 Å². The fourth-order valence-electron chi connectivity index (χ4n) is 6.54. The maximum Gasteiger partial charge on any atom is 0.140 e. The summed E-state index contributed by atoms with van der Waals surface area (Å²) in [5, 5.41) is 26.0. The van der Waals surface area contributed by atoms with Gasteiger partial charge in [0.05, 0.1) is 44.0 Å². The van der Waals surface area contributed by atoms with Gasteiger partial charge in [0.2, 0.25) is 0 Å². The first-order chi connectivity index (χ1) is 21.2. The lowest BCUT2D eigenvalue weighted by Crippen LogP contribution is -2.03. The molecule has 0 saturated carbocycles. The van der Waals surface area contributed by atoms with Crippen LogP contribution in [0.25, 0.3) is 75.4 Å². The summed E-state index contributed by atoms with van der Waals surface area (Å²) in [6, 6.07) is 43.8. The second kappa shape index (κ2) is 8.77. The van der Waals surface area contributed by atoms with Crippen LogP contribution in [0.4, 0.5) is 0 Å². The molecule has 0 aliphatic rings. The molecule has 6 heteroatoms. The first kappa shape index (κ1) is 23.7. The SMILES string of the molecule is N#Cc1ccc2c(c1)c1ccccc1n2-c1cccc(-n2c3ccccc3c3cc4sc5c(C#N)cccc5c4cc32)n1. The average Bonchev–Trinajstić information content (AvgIpc) is 3.70. The van der Waals surface area contributed by atoms with E-state index < -0.39 is 0 Å². The van der Waals surface area contributed by atoms with Crippen LogP contribution in [0, 0.1) is 22.7 Å². The van der Waals surface area contributed by atoms with Crippen molar-refractivity contribution in [3.05, 3.63) is 126 Å². The maximum atomic E-state index is 9.73. The van der Waals surface area contributed by atoms with Crippen molar-refractivity contribution in [2.75, 3.05) is 0 Å². The Morgan fingerprint density at radius 1 is 0.512 bits per heavy atom. The summed E-state index contributed by atoms with van der Waals surface area (Å²) < 4.78 is 6.61. The molecule has 0 spiro atoms. The Morgan fingerprint density at radius 2 is 1.14 bits per heavy atom. The van der Waals surface area contributed by atoms with Gasteiger partial charge in [-0.1, -0.05) is 54.6 Å². The van der Waals surface area contributed by atoms with Gasteiger partial charge in [-0.05, 0) is 60.7 Å². The van der Waals surface area contributed by atoms with Gasteiger partial charge in [-0.2, -0.15) is 10.5 Å². The lowest BCUT2D eigenvalue weighted by atomic mass is 10.1. The van der Waals surface area contributed by atoms with Crippen LogP contribution >= 0.6 is 11.3 Å². The minimum absolute atomic E-state index is 0.636. The number of nitrogens with zero attached hydrogens (tertiary/aromatic N) is 5. The topological polar surface area (TPSA) is 70.3 Å². The molecular formula is C37H19N5S. The van der Waals surface area contributed by atoms with E-state index in [-0.39, 0.29) is 0 Å². The summed E-state index contributed by atoms with van der Waals surface area (Å²) in [6.45, 7) is 0. The number of hydrogen-bond acceptors (Lipinski definition) is 4. The number of pyridine rings is 1. The summed E-state index contributed by atoms with van der Waals surface area (Å²) in [4.78, 5) is 5.28. The minimum Gasteiger partial charge on any atom is -0.294 e. The lowest BCUT2D eigenvalue weighted by Gasteiger charge is -2.11. The van der Waals surface area contributed by atoms with Crippen LogP contribution in [-0.2, 0) is 0 Å². The molecule has 0 unspecified atom stereocenters. The molecule has 4 aromatic heterocycles. The zero-order valence-corrected chi connectivity index (χ0v) is 23.4. The number of para-hydroxylation sites is 2. The number of aromatic nitrogens is 3. The third kappa shape index (κ3) is 3.27. The van der Waals surface area contributed by atoms with Crippen LogP contribution in [0.1, 0.15) is 11.1 Å². The molecule has 0 radical (unpaired) electrons.